The first-order valence-electron chi connectivity index (χ1n) is 11.0. The maximum absolute atomic E-state index is 12.6. The molecule has 7 heteroatoms. The molecule has 0 aliphatic carbocycles. The van der Waals surface area contributed by atoms with Crippen molar-refractivity contribution in [2.45, 2.75) is 32.4 Å². The molecule has 0 saturated carbocycles. The van der Waals surface area contributed by atoms with Gasteiger partial charge in [0.05, 0.1) is 13.2 Å². The zero-order valence-electron chi connectivity index (χ0n) is 19.0. The average Bonchev–Trinajstić information content (AvgIpc) is 2.82. The number of methoxy groups -OCH3 is 1. The number of ether oxygens (including phenoxy) is 3. The molecule has 0 saturated heterocycles. The highest BCUT2D eigenvalue weighted by atomic mass is 19.4. The van der Waals surface area contributed by atoms with Crippen LogP contribution in [0.2, 0.25) is 0 Å². The van der Waals surface area contributed by atoms with Crippen LogP contribution in [0.25, 0.3) is 6.08 Å². The second kappa shape index (κ2) is 10.2. The van der Waals surface area contributed by atoms with E-state index in [2.05, 4.69) is 10.1 Å². The molecular formula is C27H26F3NO3. The molecule has 0 aromatic heterocycles. The lowest BCUT2D eigenvalue weighted by Gasteiger charge is -2.26. The molecule has 1 atom stereocenters. The first-order chi connectivity index (χ1) is 16.3. The molecule has 0 bridgehead atoms. The highest BCUT2D eigenvalue weighted by molar-refractivity contribution is 5.58. The van der Waals surface area contributed by atoms with E-state index in [0.717, 1.165) is 35.2 Å². The van der Waals surface area contributed by atoms with Crippen LogP contribution in [0.4, 0.5) is 13.2 Å². The number of fused-ring (bicyclic) bond motifs is 1. The molecule has 0 amide bonds. The molecule has 0 radical (unpaired) electrons. The Bertz CT molecular complexity index is 1160. The Labute approximate surface area is 197 Å². The third-order valence-corrected chi connectivity index (χ3v) is 5.71. The summed E-state index contributed by atoms with van der Waals surface area (Å²) in [5.74, 6) is 1.08. The van der Waals surface area contributed by atoms with E-state index in [1.165, 1.54) is 12.1 Å². The second-order valence-electron chi connectivity index (χ2n) is 8.08. The van der Waals surface area contributed by atoms with Crippen LogP contribution in [-0.2, 0) is 13.0 Å². The van der Waals surface area contributed by atoms with Gasteiger partial charge in [-0.15, -0.1) is 13.2 Å². The lowest BCUT2D eigenvalue weighted by molar-refractivity contribution is -0.274. The van der Waals surface area contributed by atoms with Crippen molar-refractivity contribution in [2.24, 2.45) is 0 Å². The Morgan fingerprint density at radius 2 is 1.82 bits per heavy atom. The number of rotatable bonds is 7. The van der Waals surface area contributed by atoms with E-state index in [9.17, 15) is 13.2 Å². The van der Waals surface area contributed by atoms with Crippen molar-refractivity contribution in [3.63, 3.8) is 0 Å². The topological polar surface area (TPSA) is 39.7 Å². The molecule has 1 heterocycles. The molecule has 4 nitrogen and oxygen atoms in total. The third-order valence-electron chi connectivity index (χ3n) is 5.71. The zero-order chi connectivity index (χ0) is 24.1. The maximum Gasteiger partial charge on any atom is 0.573 e. The maximum atomic E-state index is 12.6. The van der Waals surface area contributed by atoms with Crippen molar-refractivity contribution in [3.05, 3.63) is 94.6 Å². The van der Waals surface area contributed by atoms with Crippen LogP contribution in [0.3, 0.4) is 0 Å². The van der Waals surface area contributed by atoms with E-state index >= 15 is 0 Å². The summed E-state index contributed by atoms with van der Waals surface area (Å²) in [7, 11) is 1.60. The van der Waals surface area contributed by atoms with E-state index in [-0.39, 0.29) is 11.8 Å². The number of hydrogen-bond donors (Lipinski definition) is 1. The summed E-state index contributed by atoms with van der Waals surface area (Å²) in [6.07, 6.45) is -0.129. The summed E-state index contributed by atoms with van der Waals surface area (Å²) in [6.45, 7) is 3.05. The minimum atomic E-state index is -4.73. The third kappa shape index (κ3) is 5.91. The number of alkyl halides is 3. The van der Waals surface area contributed by atoms with Crippen molar-refractivity contribution in [3.8, 4) is 17.2 Å². The van der Waals surface area contributed by atoms with Crippen LogP contribution in [0.5, 0.6) is 17.2 Å². The number of halogens is 3. The van der Waals surface area contributed by atoms with Gasteiger partial charge < -0.3 is 19.5 Å². The average molecular weight is 470 g/mol. The minimum Gasteiger partial charge on any atom is -0.493 e. The van der Waals surface area contributed by atoms with Crippen LogP contribution in [0.15, 0.2) is 66.7 Å². The monoisotopic (exact) mass is 469 g/mol. The second-order valence-corrected chi connectivity index (χ2v) is 8.08. The molecule has 1 aliphatic heterocycles. The zero-order valence-corrected chi connectivity index (χ0v) is 19.0. The van der Waals surface area contributed by atoms with Crippen molar-refractivity contribution in [1.29, 1.82) is 0 Å². The van der Waals surface area contributed by atoms with Crippen LogP contribution in [0.1, 0.15) is 33.9 Å². The smallest absolute Gasteiger partial charge is 0.493 e. The number of aryl methyl sites for hydroxylation is 1. The first-order valence-corrected chi connectivity index (χ1v) is 11.0. The highest BCUT2D eigenvalue weighted by Gasteiger charge is 2.31. The van der Waals surface area contributed by atoms with Crippen molar-refractivity contribution < 1.29 is 27.4 Å². The highest BCUT2D eigenvalue weighted by Crippen LogP contribution is 2.36. The van der Waals surface area contributed by atoms with Gasteiger partial charge in [0.1, 0.15) is 12.4 Å². The summed E-state index contributed by atoms with van der Waals surface area (Å²) in [5.41, 5.74) is 4.77. The predicted molar refractivity (Wildman–Crippen MR) is 125 cm³/mol. The minimum absolute atomic E-state index is 0.118. The number of nitrogens with one attached hydrogen (secondary N) is 1. The van der Waals surface area contributed by atoms with Gasteiger partial charge >= 0.3 is 6.36 Å². The Morgan fingerprint density at radius 1 is 1.03 bits per heavy atom. The quantitative estimate of drug-likeness (QED) is 0.436. The van der Waals surface area contributed by atoms with Gasteiger partial charge in [0.25, 0.3) is 0 Å². The molecule has 0 spiro atoms. The van der Waals surface area contributed by atoms with E-state index in [0.29, 0.717) is 23.7 Å². The molecule has 1 unspecified atom stereocenters. The van der Waals surface area contributed by atoms with Crippen LogP contribution in [0, 0.1) is 6.92 Å². The van der Waals surface area contributed by atoms with Gasteiger partial charge in [0, 0.05) is 6.54 Å². The van der Waals surface area contributed by atoms with Crippen LogP contribution >= 0.6 is 0 Å². The van der Waals surface area contributed by atoms with Gasteiger partial charge in [-0.3, -0.25) is 0 Å². The molecule has 178 valence electrons. The first kappa shape index (κ1) is 23.7. The Hall–Kier alpha value is -3.45. The SMILES string of the molecule is COc1cc2c(cc1OCc1ccccc1)CCNC2C=Cc1cc(OC(F)(F)F)ccc1C. The van der Waals surface area contributed by atoms with Crippen molar-refractivity contribution in [2.75, 3.05) is 13.7 Å². The lowest BCUT2D eigenvalue weighted by atomic mass is 9.92. The van der Waals surface area contributed by atoms with Crippen LogP contribution < -0.4 is 19.5 Å². The summed E-state index contributed by atoms with van der Waals surface area (Å²) >= 11 is 0. The summed E-state index contributed by atoms with van der Waals surface area (Å²) in [6, 6.07) is 18.1. The molecule has 1 aliphatic rings. The molecule has 4 rings (SSSR count). The Morgan fingerprint density at radius 3 is 2.56 bits per heavy atom. The normalized spacial score (nSPS) is 15.7. The van der Waals surface area contributed by atoms with Gasteiger partial charge in [-0.2, -0.15) is 0 Å². The van der Waals surface area contributed by atoms with Crippen molar-refractivity contribution >= 4 is 6.08 Å². The number of hydrogen-bond acceptors (Lipinski definition) is 4. The fraction of sp³-hybridized carbons (Fsp3) is 0.259. The van der Waals surface area contributed by atoms with Gasteiger partial charge in [0.2, 0.25) is 0 Å². The van der Waals surface area contributed by atoms with E-state index in [1.807, 2.05) is 61.5 Å². The molecular weight excluding hydrogens is 443 g/mol. The van der Waals surface area contributed by atoms with E-state index in [1.54, 1.807) is 13.2 Å². The molecule has 1 N–H and O–H groups in total. The van der Waals surface area contributed by atoms with Crippen molar-refractivity contribution in [1.82, 2.24) is 5.32 Å². The molecule has 3 aromatic rings. The standard InChI is InChI=1S/C27H26F3NO3/c1-18-8-10-22(34-27(28,29)30)14-20(18)9-11-24-23-16-25(32-2)26(15-21(23)12-13-31-24)33-17-19-6-4-3-5-7-19/h3-11,14-16,24,31H,12-13,17H2,1-2H3. The summed E-state index contributed by atoms with van der Waals surface area (Å²) in [5, 5.41) is 3.45. The largest absolute Gasteiger partial charge is 0.573 e. The summed E-state index contributed by atoms with van der Waals surface area (Å²) < 4.78 is 53.5. The Kier molecular flexibility index (Phi) is 7.12. The van der Waals surface area contributed by atoms with E-state index in [4.69, 9.17) is 9.47 Å². The number of benzene rings is 3. The van der Waals surface area contributed by atoms with Crippen LogP contribution in [-0.4, -0.2) is 20.0 Å². The van der Waals surface area contributed by atoms with Gasteiger partial charge in [-0.25, -0.2) is 0 Å². The van der Waals surface area contributed by atoms with E-state index < -0.39 is 6.36 Å². The summed E-state index contributed by atoms with van der Waals surface area (Å²) in [4.78, 5) is 0. The lowest BCUT2D eigenvalue weighted by Crippen LogP contribution is -2.28. The molecule has 0 fully saturated rings. The van der Waals surface area contributed by atoms with Gasteiger partial charge in [-0.05, 0) is 65.4 Å². The molecule has 3 aromatic carbocycles. The fourth-order valence-corrected chi connectivity index (χ4v) is 3.97. The van der Waals surface area contributed by atoms with Gasteiger partial charge in [0.15, 0.2) is 11.5 Å². The predicted octanol–water partition coefficient (Wildman–Crippen LogP) is 6.38. The van der Waals surface area contributed by atoms with Gasteiger partial charge in [-0.1, -0.05) is 48.6 Å². The Balaban J connectivity index is 1.56. The molecule has 34 heavy (non-hydrogen) atoms. The fourth-order valence-electron chi connectivity index (χ4n) is 3.97.